The highest BCUT2D eigenvalue weighted by atomic mass is 16.3. The molecule has 2 fully saturated rings. The Morgan fingerprint density at radius 2 is 2.08 bits per heavy atom. The Kier molecular flexibility index (Phi) is 2.37. The zero-order valence-corrected chi connectivity index (χ0v) is 7.68. The van der Waals surface area contributed by atoms with Gasteiger partial charge in [-0.3, -0.25) is 0 Å². The standard InChI is InChI=1S/C10H19NO/c12-6-5-10(3-4-10)8-11-7-9-1-2-9/h9,11-12H,1-8H2. The number of rotatable bonds is 6. The highest BCUT2D eigenvalue weighted by Gasteiger charge is 2.41. The summed E-state index contributed by atoms with van der Waals surface area (Å²) in [5, 5.41) is 12.4. The number of aliphatic hydroxyl groups excluding tert-OH is 1. The van der Waals surface area contributed by atoms with E-state index in [0.717, 1.165) is 18.9 Å². The first-order valence-corrected chi connectivity index (χ1v) is 5.16. The summed E-state index contributed by atoms with van der Waals surface area (Å²) in [6.07, 6.45) is 6.52. The Morgan fingerprint density at radius 3 is 2.58 bits per heavy atom. The van der Waals surface area contributed by atoms with Crippen LogP contribution in [0.1, 0.15) is 32.1 Å². The maximum atomic E-state index is 8.83. The van der Waals surface area contributed by atoms with Crippen LogP contribution in [-0.2, 0) is 0 Å². The van der Waals surface area contributed by atoms with Gasteiger partial charge in [0.15, 0.2) is 0 Å². The van der Waals surface area contributed by atoms with Gasteiger partial charge in [-0.1, -0.05) is 0 Å². The van der Waals surface area contributed by atoms with Crippen molar-refractivity contribution in [1.82, 2.24) is 5.32 Å². The van der Waals surface area contributed by atoms with E-state index in [9.17, 15) is 0 Å². The summed E-state index contributed by atoms with van der Waals surface area (Å²) < 4.78 is 0. The van der Waals surface area contributed by atoms with Gasteiger partial charge in [0.05, 0.1) is 0 Å². The van der Waals surface area contributed by atoms with Crippen molar-refractivity contribution in [2.24, 2.45) is 11.3 Å². The van der Waals surface area contributed by atoms with Crippen molar-refractivity contribution >= 4 is 0 Å². The van der Waals surface area contributed by atoms with Crippen molar-refractivity contribution in [1.29, 1.82) is 0 Å². The van der Waals surface area contributed by atoms with E-state index in [4.69, 9.17) is 5.11 Å². The van der Waals surface area contributed by atoms with Gasteiger partial charge in [-0.05, 0) is 50.0 Å². The van der Waals surface area contributed by atoms with Gasteiger partial charge >= 0.3 is 0 Å². The lowest BCUT2D eigenvalue weighted by molar-refractivity contribution is 0.245. The quantitative estimate of drug-likeness (QED) is 0.625. The van der Waals surface area contributed by atoms with E-state index in [1.54, 1.807) is 0 Å². The summed E-state index contributed by atoms with van der Waals surface area (Å²) in [5.74, 6) is 0.981. The van der Waals surface area contributed by atoms with Crippen LogP contribution in [0.3, 0.4) is 0 Å². The molecular weight excluding hydrogens is 150 g/mol. The molecule has 2 nitrogen and oxygen atoms in total. The molecule has 0 amide bonds. The Bertz CT molecular complexity index is 150. The minimum absolute atomic E-state index is 0.366. The van der Waals surface area contributed by atoms with E-state index >= 15 is 0 Å². The van der Waals surface area contributed by atoms with Gasteiger partial charge in [-0.2, -0.15) is 0 Å². The van der Waals surface area contributed by atoms with E-state index in [1.165, 1.54) is 32.2 Å². The van der Waals surface area contributed by atoms with Crippen LogP contribution >= 0.6 is 0 Å². The molecule has 70 valence electrons. The number of nitrogens with one attached hydrogen (secondary N) is 1. The van der Waals surface area contributed by atoms with Crippen molar-refractivity contribution in [2.75, 3.05) is 19.7 Å². The molecule has 0 atom stereocenters. The Hall–Kier alpha value is -0.0800. The van der Waals surface area contributed by atoms with Gasteiger partial charge in [0.1, 0.15) is 0 Å². The second-order valence-corrected chi connectivity index (χ2v) is 4.55. The van der Waals surface area contributed by atoms with Crippen molar-refractivity contribution in [3.8, 4) is 0 Å². The monoisotopic (exact) mass is 169 g/mol. The molecule has 0 bridgehead atoms. The van der Waals surface area contributed by atoms with E-state index < -0.39 is 0 Å². The molecule has 2 heteroatoms. The zero-order chi connectivity index (χ0) is 8.44. The Balaban J connectivity index is 1.58. The molecule has 12 heavy (non-hydrogen) atoms. The molecular formula is C10H19NO. The maximum absolute atomic E-state index is 8.83. The molecule has 0 aliphatic heterocycles. The van der Waals surface area contributed by atoms with Crippen LogP contribution in [0.4, 0.5) is 0 Å². The molecule has 0 spiro atoms. The second-order valence-electron chi connectivity index (χ2n) is 4.55. The molecule has 2 aliphatic carbocycles. The van der Waals surface area contributed by atoms with Crippen LogP contribution in [0.2, 0.25) is 0 Å². The highest BCUT2D eigenvalue weighted by Crippen LogP contribution is 2.48. The summed E-state index contributed by atoms with van der Waals surface area (Å²) in [5.41, 5.74) is 0.504. The van der Waals surface area contributed by atoms with Crippen LogP contribution < -0.4 is 5.32 Å². The van der Waals surface area contributed by atoms with Crippen molar-refractivity contribution in [2.45, 2.75) is 32.1 Å². The third-order valence-electron chi connectivity index (χ3n) is 3.23. The predicted octanol–water partition coefficient (Wildman–Crippen LogP) is 1.15. The molecule has 0 radical (unpaired) electrons. The smallest absolute Gasteiger partial charge is 0.0436 e. The van der Waals surface area contributed by atoms with Gasteiger partial charge in [-0.15, -0.1) is 0 Å². The first kappa shape index (κ1) is 8.52. The third kappa shape index (κ3) is 2.20. The topological polar surface area (TPSA) is 32.3 Å². The molecule has 2 aliphatic rings. The molecule has 0 aromatic heterocycles. The first-order chi connectivity index (χ1) is 5.85. The lowest BCUT2D eigenvalue weighted by atomic mass is 10.0. The molecule has 0 heterocycles. The minimum Gasteiger partial charge on any atom is -0.396 e. The summed E-state index contributed by atoms with van der Waals surface area (Å²) in [6, 6.07) is 0. The number of hydrogen-bond donors (Lipinski definition) is 2. The van der Waals surface area contributed by atoms with Crippen LogP contribution in [0.15, 0.2) is 0 Å². The van der Waals surface area contributed by atoms with Crippen LogP contribution in [0.5, 0.6) is 0 Å². The summed E-state index contributed by atoms with van der Waals surface area (Å²) in [6.45, 7) is 2.72. The van der Waals surface area contributed by atoms with Crippen LogP contribution in [-0.4, -0.2) is 24.8 Å². The second kappa shape index (κ2) is 3.35. The fourth-order valence-electron chi connectivity index (χ4n) is 1.79. The molecule has 2 saturated carbocycles. The van der Waals surface area contributed by atoms with E-state index in [2.05, 4.69) is 5.32 Å². The third-order valence-corrected chi connectivity index (χ3v) is 3.23. The van der Waals surface area contributed by atoms with E-state index in [0.29, 0.717) is 12.0 Å². The Labute approximate surface area is 74.4 Å². The molecule has 2 N–H and O–H groups in total. The van der Waals surface area contributed by atoms with Crippen LogP contribution in [0.25, 0.3) is 0 Å². The molecule has 0 aromatic carbocycles. The first-order valence-electron chi connectivity index (χ1n) is 5.16. The molecule has 0 unspecified atom stereocenters. The van der Waals surface area contributed by atoms with Gasteiger partial charge in [0, 0.05) is 13.2 Å². The average Bonchev–Trinajstić information content (AvgIpc) is 2.87. The van der Waals surface area contributed by atoms with Crippen molar-refractivity contribution < 1.29 is 5.11 Å². The molecule has 0 aromatic rings. The van der Waals surface area contributed by atoms with E-state index in [1.807, 2.05) is 0 Å². The van der Waals surface area contributed by atoms with Gasteiger partial charge in [0.25, 0.3) is 0 Å². The molecule has 0 saturated heterocycles. The van der Waals surface area contributed by atoms with Crippen molar-refractivity contribution in [3.63, 3.8) is 0 Å². The van der Waals surface area contributed by atoms with E-state index in [-0.39, 0.29) is 0 Å². The average molecular weight is 169 g/mol. The van der Waals surface area contributed by atoms with Gasteiger partial charge < -0.3 is 10.4 Å². The normalized spacial score (nSPS) is 25.8. The maximum Gasteiger partial charge on any atom is 0.0436 e. The lowest BCUT2D eigenvalue weighted by Crippen LogP contribution is -2.26. The molecule has 2 rings (SSSR count). The lowest BCUT2D eigenvalue weighted by Gasteiger charge is -2.13. The fourth-order valence-corrected chi connectivity index (χ4v) is 1.79. The van der Waals surface area contributed by atoms with Gasteiger partial charge in [0.2, 0.25) is 0 Å². The predicted molar refractivity (Wildman–Crippen MR) is 49.0 cm³/mol. The van der Waals surface area contributed by atoms with Crippen molar-refractivity contribution in [3.05, 3.63) is 0 Å². The minimum atomic E-state index is 0.366. The largest absolute Gasteiger partial charge is 0.396 e. The summed E-state index contributed by atoms with van der Waals surface area (Å²) in [7, 11) is 0. The highest BCUT2D eigenvalue weighted by molar-refractivity contribution is 4.94. The number of aliphatic hydroxyl groups is 1. The van der Waals surface area contributed by atoms with Crippen LogP contribution in [0, 0.1) is 11.3 Å². The number of hydrogen-bond acceptors (Lipinski definition) is 2. The van der Waals surface area contributed by atoms with Gasteiger partial charge in [-0.25, -0.2) is 0 Å². The summed E-state index contributed by atoms with van der Waals surface area (Å²) in [4.78, 5) is 0. The SMILES string of the molecule is OCCC1(CNCC2CC2)CC1. The zero-order valence-electron chi connectivity index (χ0n) is 7.68. The summed E-state index contributed by atoms with van der Waals surface area (Å²) >= 11 is 0. The Morgan fingerprint density at radius 1 is 1.33 bits per heavy atom. The fraction of sp³-hybridized carbons (Fsp3) is 1.00.